The first-order valence-electron chi connectivity index (χ1n) is 5.95. The highest BCUT2D eigenvalue weighted by molar-refractivity contribution is 5.94. The summed E-state index contributed by atoms with van der Waals surface area (Å²) >= 11 is 0. The van der Waals surface area contributed by atoms with Gasteiger partial charge in [0.1, 0.15) is 0 Å². The molecule has 1 aliphatic carbocycles. The fourth-order valence-electron chi connectivity index (χ4n) is 2.01. The van der Waals surface area contributed by atoms with Crippen LogP contribution in [0.25, 0.3) is 0 Å². The Balaban J connectivity index is 1.80. The molecule has 4 heteroatoms. The highest BCUT2D eigenvalue weighted by Gasteiger charge is 2.41. The van der Waals surface area contributed by atoms with Gasteiger partial charge in [-0.2, -0.15) is 0 Å². The zero-order valence-electron chi connectivity index (χ0n) is 9.81. The van der Waals surface area contributed by atoms with Gasteiger partial charge in [0.15, 0.2) is 0 Å². The van der Waals surface area contributed by atoms with E-state index in [-0.39, 0.29) is 17.9 Å². The van der Waals surface area contributed by atoms with Crippen LogP contribution in [0.2, 0.25) is 0 Å². The summed E-state index contributed by atoms with van der Waals surface area (Å²) in [5.74, 6) is 0.0562. The maximum atomic E-state index is 11.8. The van der Waals surface area contributed by atoms with E-state index in [9.17, 15) is 4.79 Å². The zero-order chi connectivity index (χ0) is 11.6. The van der Waals surface area contributed by atoms with Crippen LogP contribution in [0.4, 0.5) is 0 Å². The van der Waals surface area contributed by atoms with Crippen LogP contribution in [0.15, 0.2) is 11.1 Å². The Bertz CT molecular complexity index is 313. The molecule has 1 amide bonds. The minimum absolute atomic E-state index is 0.0562. The smallest absolute Gasteiger partial charge is 0.246 e. The number of carbonyl (C=O) groups excluding carboxylic acids is 1. The number of hydrogen-bond acceptors (Lipinski definition) is 3. The average Bonchev–Trinajstić information content (AvgIpc) is 2.93. The second kappa shape index (κ2) is 4.55. The van der Waals surface area contributed by atoms with Crippen molar-refractivity contribution in [2.45, 2.75) is 26.2 Å². The third-order valence-corrected chi connectivity index (χ3v) is 3.77. The summed E-state index contributed by atoms with van der Waals surface area (Å²) in [6, 6.07) is 0. The first kappa shape index (κ1) is 11.6. The van der Waals surface area contributed by atoms with Crippen molar-refractivity contribution in [1.82, 2.24) is 10.6 Å². The predicted octanol–water partition coefficient (Wildman–Crippen LogP) is 0.185. The van der Waals surface area contributed by atoms with Gasteiger partial charge in [-0.05, 0) is 37.2 Å². The van der Waals surface area contributed by atoms with Crippen LogP contribution in [-0.4, -0.2) is 37.3 Å². The fraction of sp³-hybridized carbons (Fsp3) is 0.750. The van der Waals surface area contributed by atoms with E-state index in [2.05, 4.69) is 10.6 Å². The molecule has 16 heavy (non-hydrogen) atoms. The maximum absolute atomic E-state index is 11.8. The molecule has 0 bridgehead atoms. The molecule has 2 rings (SSSR count). The van der Waals surface area contributed by atoms with Crippen molar-refractivity contribution in [3.05, 3.63) is 11.1 Å². The lowest BCUT2D eigenvalue weighted by Crippen LogP contribution is -2.38. The Kier molecular flexibility index (Phi) is 3.30. The van der Waals surface area contributed by atoms with Gasteiger partial charge in [0.05, 0.1) is 0 Å². The molecule has 0 unspecified atom stereocenters. The van der Waals surface area contributed by atoms with E-state index in [0.717, 1.165) is 37.9 Å². The maximum Gasteiger partial charge on any atom is 0.246 e. The summed E-state index contributed by atoms with van der Waals surface area (Å²) in [6.45, 7) is 4.52. The number of rotatable bonds is 5. The molecule has 1 saturated carbocycles. The standard InChI is InChI=1S/C12H20N2O2/c1-9(10-6-13-7-10)11(16)14-8-12(2-3-12)4-5-15/h13,15H,2-8H2,1H3,(H,14,16). The van der Waals surface area contributed by atoms with Gasteiger partial charge in [0.2, 0.25) is 5.91 Å². The average molecular weight is 224 g/mol. The quantitative estimate of drug-likeness (QED) is 0.584. The van der Waals surface area contributed by atoms with Crippen molar-refractivity contribution in [3.63, 3.8) is 0 Å². The van der Waals surface area contributed by atoms with Crippen molar-refractivity contribution in [3.8, 4) is 0 Å². The first-order valence-corrected chi connectivity index (χ1v) is 5.95. The van der Waals surface area contributed by atoms with Crippen LogP contribution >= 0.6 is 0 Å². The van der Waals surface area contributed by atoms with Crippen molar-refractivity contribution < 1.29 is 9.90 Å². The van der Waals surface area contributed by atoms with E-state index >= 15 is 0 Å². The zero-order valence-corrected chi connectivity index (χ0v) is 9.81. The van der Waals surface area contributed by atoms with E-state index in [0.29, 0.717) is 6.54 Å². The lowest BCUT2D eigenvalue weighted by atomic mass is 10.0. The second-order valence-electron chi connectivity index (χ2n) is 4.99. The topological polar surface area (TPSA) is 61.4 Å². The highest BCUT2D eigenvalue weighted by Crippen LogP contribution is 2.47. The van der Waals surface area contributed by atoms with Crippen molar-refractivity contribution in [1.29, 1.82) is 0 Å². The van der Waals surface area contributed by atoms with Crippen LogP contribution in [0.3, 0.4) is 0 Å². The van der Waals surface area contributed by atoms with Crippen molar-refractivity contribution >= 4 is 5.91 Å². The molecular formula is C12H20N2O2. The molecular weight excluding hydrogens is 204 g/mol. The molecule has 0 atom stereocenters. The molecule has 0 spiro atoms. The molecule has 1 saturated heterocycles. The molecule has 0 radical (unpaired) electrons. The largest absolute Gasteiger partial charge is 0.396 e. The summed E-state index contributed by atoms with van der Waals surface area (Å²) in [5.41, 5.74) is 2.27. The Morgan fingerprint density at radius 2 is 2.19 bits per heavy atom. The number of aliphatic hydroxyl groups is 1. The summed E-state index contributed by atoms with van der Waals surface area (Å²) in [4.78, 5) is 11.8. The van der Waals surface area contributed by atoms with E-state index in [4.69, 9.17) is 5.11 Å². The van der Waals surface area contributed by atoms with Gasteiger partial charge in [0.25, 0.3) is 0 Å². The Morgan fingerprint density at radius 3 is 2.62 bits per heavy atom. The summed E-state index contributed by atoms with van der Waals surface area (Å²) in [6.07, 6.45) is 3.07. The lowest BCUT2D eigenvalue weighted by molar-refractivity contribution is -0.117. The van der Waals surface area contributed by atoms with Gasteiger partial charge in [0, 0.05) is 31.8 Å². The Morgan fingerprint density at radius 1 is 1.50 bits per heavy atom. The van der Waals surface area contributed by atoms with Crippen LogP contribution in [-0.2, 0) is 4.79 Å². The van der Waals surface area contributed by atoms with Crippen molar-refractivity contribution in [2.75, 3.05) is 26.2 Å². The Hall–Kier alpha value is -0.870. The number of carbonyl (C=O) groups is 1. The van der Waals surface area contributed by atoms with Crippen LogP contribution in [0.1, 0.15) is 26.2 Å². The number of hydrogen-bond donors (Lipinski definition) is 3. The normalized spacial score (nSPS) is 21.2. The van der Waals surface area contributed by atoms with E-state index < -0.39 is 0 Å². The van der Waals surface area contributed by atoms with Gasteiger partial charge in [-0.15, -0.1) is 0 Å². The monoisotopic (exact) mass is 224 g/mol. The van der Waals surface area contributed by atoms with Crippen LogP contribution < -0.4 is 10.6 Å². The lowest BCUT2D eigenvalue weighted by Gasteiger charge is -2.22. The van der Waals surface area contributed by atoms with E-state index in [1.807, 2.05) is 6.92 Å². The minimum Gasteiger partial charge on any atom is -0.396 e. The highest BCUT2D eigenvalue weighted by atomic mass is 16.3. The Labute approximate surface area is 96.1 Å². The molecule has 0 aromatic carbocycles. The summed E-state index contributed by atoms with van der Waals surface area (Å²) in [7, 11) is 0. The SMILES string of the molecule is CC(C(=O)NCC1(CCO)CC1)=C1CNC1. The molecule has 2 fully saturated rings. The fourth-order valence-corrected chi connectivity index (χ4v) is 2.01. The number of aliphatic hydroxyl groups excluding tert-OH is 1. The predicted molar refractivity (Wildman–Crippen MR) is 61.9 cm³/mol. The minimum atomic E-state index is 0.0562. The molecule has 3 N–H and O–H groups in total. The number of nitrogens with one attached hydrogen (secondary N) is 2. The molecule has 0 aromatic heterocycles. The molecule has 4 nitrogen and oxygen atoms in total. The summed E-state index contributed by atoms with van der Waals surface area (Å²) < 4.78 is 0. The molecule has 1 heterocycles. The van der Waals surface area contributed by atoms with Crippen molar-refractivity contribution in [2.24, 2.45) is 5.41 Å². The molecule has 90 valence electrons. The molecule has 2 aliphatic rings. The summed E-state index contributed by atoms with van der Waals surface area (Å²) in [5, 5.41) is 15.0. The molecule has 1 aliphatic heterocycles. The van der Waals surface area contributed by atoms with Gasteiger partial charge in [-0.25, -0.2) is 0 Å². The van der Waals surface area contributed by atoms with E-state index in [1.165, 1.54) is 5.57 Å². The van der Waals surface area contributed by atoms with Gasteiger partial charge < -0.3 is 15.7 Å². The van der Waals surface area contributed by atoms with Gasteiger partial charge in [-0.1, -0.05) is 0 Å². The third-order valence-electron chi connectivity index (χ3n) is 3.77. The van der Waals surface area contributed by atoms with Gasteiger partial charge in [-0.3, -0.25) is 4.79 Å². The number of amides is 1. The van der Waals surface area contributed by atoms with E-state index in [1.54, 1.807) is 0 Å². The molecule has 0 aromatic rings. The second-order valence-corrected chi connectivity index (χ2v) is 4.99. The van der Waals surface area contributed by atoms with Gasteiger partial charge >= 0.3 is 0 Å². The van der Waals surface area contributed by atoms with Crippen LogP contribution in [0.5, 0.6) is 0 Å². The van der Waals surface area contributed by atoms with Crippen LogP contribution in [0, 0.1) is 5.41 Å². The first-order chi connectivity index (χ1) is 7.67. The third kappa shape index (κ3) is 2.44.